The number of hydrogen-bond acceptors (Lipinski definition) is 0. The van der Waals surface area contributed by atoms with Crippen molar-refractivity contribution >= 4 is 72.4 Å². The Labute approximate surface area is 331 Å². The fourth-order valence-corrected chi connectivity index (χ4v) is 16.3. The van der Waals surface area contributed by atoms with E-state index in [0.717, 1.165) is 5.69 Å². The van der Waals surface area contributed by atoms with E-state index in [9.17, 15) is 0 Å². The third-order valence-electron chi connectivity index (χ3n) is 12.9. The quantitative estimate of drug-likeness (QED) is 0.160. The molecule has 4 heterocycles. The Hall–Kier alpha value is -7.20. The Balaban J connectivity index is 1.10. The van der Waals surface area contributed by atoms with E-state index in [2.05, 4.69) is 215 Å². The van der Waals surface area contributed by atoms with Crippen molar-refractivity contribution in [3.8, 4) is 44.8 Å². The highest BCUT2D eigenvalue weighted by Crippen LogP contribution is 2.43. The number of hydrogen-bond donors (Lipinski definition) is 0. The molecule has 2 aliphatic rings. The molecular weight excluding hydrogens is 705 g/mol. The first-order valence-corrected chi connectivity index (χ1v) is 21.9. The van der Waals surface area contributed by atoms with Crippen LogP contribution in [0.2, 0.25) is 0 Å². The van der Waals surface area contributed by atoms with Gasteiger partial charge in [-0.05, 0) is 96.6 Å². The summed E-state index contributed by atoms with van der Waals surface area (Å²) in [6.45, 7) is 0. The molecule has 0 amide bonds. The van der Waals surface area contributed by atoms with Crippen LogP contribution in [0, 0.1) is 0 Å². The lowest BCUT2D eigenvalue weighted by Crippen LogP contribution is -2.70. The predicted molar refractivity (Wildman–Crippen MR) is 242 cm³/mol. The summed E-state index contributed by atoms with van der Waals surface area (Å²) >= 11 is 0. The molecule has 11 aromatic rings. The van der Waals surface area contributed by atoms with Gasteiger partial charge in [-0.3, -0.25) is 0 Å². The predicted octanol–water partition coefficient (Wildman–Crippen LogP) is 10.9. The minimum Gasteiger partial charge on any atom is -0.309 e. The summed E-state index contributed by atoms with van der Waals surface area (Å²) in [7, 11) is -2.60. The van der Waals surface area contributed by atoms with Crippen molar-refractivity contribution in [2.75, 3.05) is 0 Å². The highest BCUT2D eigenvalue weighted by atomic mass is 28.3. The van der Waals surface area contributed by atoms with Crippen molar-refractivity contribution in [3.63, 3.8) is 0 Å². The van der Waals surface area contributed by atoms with Gasteiger partial charge in [-0.15, -0.1) is 0 Å². The van der Waals surface area contributed by atoms with Crippen LogP contribution in [0.1, 0.15) is 0 Å². The van der Waals surface area contributed by atoms with Gasteiger partial charge in [0.2, 0.25) is 0 Å². The van der Waals surface area contributed by atoms with Crippen LogP contribution in [0.3, 0.4) is 0 Å². The van der Waals surface area contributed by atoms with Gasteiger partial charge in [-0.2, -0.15) is 0 Å². The lowest BCUT2D eigenvalue weighted by atomic mass is 10.1. The van der Waals surface area contributed by atoms with Crippen LogP contribution in [-0.2, 0) is 0 Å². The zero-order valence-corrected chi connectivity index (χ0v) is 32.0. The highest BCUT2D eigenvalue weighted by molar-refractivity contribution is 7.24. The van der Waals surface area contributed by atoms with Gasteiger partial charge in [-0.1, -0.05) is 164 Å². The van der Waals surface area contributed by atoms with Crippen LogP contribution in [0.4, 0.5) is 0 Å². The van der Waals surface area contributed by atoms with Gasteiger partial charge in [0.15, 0.2) is 8.07 Å². The standard InChI is InChI=1S/C54H34N2Si/c1-2-14-35(15-3-1)36-26-28-37(29-27-36)56-46-21-9-4-16-39(46)44-32-33-48-53(54(44)56)45-20-5-10-22-47(45)55(48)38-30-31-43-42-19-8-13-25-51(42)57(52(43)34-38)49-23-11-6-17-40(49)41-18-7-12-24-50(41)57/h1-34H. The summed E-state index contributed by atoms with van der Waals surface area (Å²) in [4.78, 5) is 0. The van der Waals surface area contributed by atoms with E-state index in [0.29, 0.717) is 0 Å². The van der Waals surface area contributed by atoms with E-state index in [-0.39, 0.29) is 0 Å². The molecule has 0 bridgehead atoms. The largest absolute Gasteiger partial charge is 0.309 e. The van der Waals surface area contributed by atoms with Gasteiger partial charge in [0.25, 0.3) is 0 Å². The van der Waals surface area contributed by atoms with E-state index in [1.165, 1.54) is 103 Å². The van der Waals surface area contributed by atoms with Crippen LogP contribution in [0.15, 0.2) is 206 Å². The van der Waals surface area contributed by atoms with Gasteiger partial charge in [0, 0.05) is 32.9 Å². The summed E-state index contributed by atoms with van der Waals surface area (Å²) in [5.74, 6) is 0. The molecule has 0 unspecified atom stereocenters. The van der Waals surface area contributed by atoms with Gasteiger partial charge in [0.1, 0.15) is 0 Å². The number of fused-ring (bicyclic) bond motifs is 17. The van der Waals surface area contributed by atoms with E-state index in [1.54, 1.807) is 0 Å². The smallest absolute Gasteiger partial charge is 0.182 e. The summed E-state index contributed by atoms with van der Waals surface area (Å²) in [5.41, 5.74) is 15.2. The molecule has 0 atom stereocenters. The first-order chi connectivity index (χ1) is 28.3. The van der Waals surface area contributed by atoms with Crippen molar-refractivity contribution in [3.05, 3.63) is 206 Å². The van der Waals surface area contributed by atoms with Gasteiger partial charge in [-0.25, -0.2) is 0 Å². The highest BCUT2D eigenvalue weighted by Gasteiger charge is 2.53. The Morgan fingerprint density at radius 1 is 0.298 bits per heavy atom. The average Bonchev–Trinajstić information content (AvgIpc) is 3.99. The monoisotopic (exact) mass is 738 g/mol. The second kappa shape index (κ2) is 11.4. The molecule has 9 aromatic carbocycles. The Morgan fingerprint density at radius 3 is 1.47 bits per heavy atom. The van der Waals surface area contributed by atoms with Crippen molar-refractivity contribution < 1.29 is 0 Å². The molecule has 1 spiro atoms. The van der Waals surface area contributed by atoms with Crippen molar-refractivity contribution in [2.45, 2.75) is 0 Å². The third-order valence-corrected chi connectivity index (χ3v) is 17.9. The Morgan fingerprint density at radius 2 is 0.807 bits per heavy atom. The Kier molecular flexibility index (Phi) is 6.22. The molecule has 2 aromatic heterocycles. The first kappa shape index (κ1) is 31.0. The number of nitrogens with zero attached hydrogens (tertiary/aromatic N) is 2. The van der Waals surface area contributed by atoms with Crippen molar-refractivity contribution in [2.24, 2.45) is 0 Å². The van der Waals surface area contributed by atoms with Crippen LogP contribution >= 0.6 is 0 Å². The normalized spacial score (nSPS) is 13.4. The number of aromatic nitrogens is 2. The summed E-state index contributed by atoms with van der Waals surface area (Å²) in [6, 6.07) is 77.3. The zero-order chi connectivity index (χ0) is 37.2. The summed E-state index contributed by atoms with van der Waals surface area (Å²) < 4.78 is 5.02. The second-order valence-corrected chi connectivity index (χ2v) is 19.2. The van der Waals surface area contributed by atoms with Crippen LogP contribution in [0.5, 0.6) is 0 Å². The molecule has 0 saturated carbocycles. The van der Waals surface area contributed by atoms with E-state index in [4.69, 9.17) is 0 Å². The molecule has 13 rings (SSSR count). The maximum absolute atomic E-state index is 2.60. The van der Waals surface area contributed by atoms with E-state index < -0.39 is 8.07 Å². The summed E-state index contributed by atoms with van der Waals surface area (Å²) in [6.07, 6.45) is 0. The van der Waals surface area contributed by atoms with Gasteiger partial charge < -0.3 is 9.13 Å². The molecule has 2 aliphatic heterocycles. The number of para-hydroxylation sites is 2. The third kappa shape index (κ3) is 3.98. The summed E-state index contributed by atoms with van der Waals surface area (Å²) in [5, 5.41) is 11.1. The first-order valence-electron chi connectivity index (χ1n) is 19.9. The zero-order valence-electron chi connectivity index (χ0n) is 31.0. The molecule has 2 nitrogen and oxygen atoms in total. The van der Waals surface area contributed by atoms with Gasteiger partial charge in [0.05, 0.1) is 22.1 Å². The fraction of sp³-hybridized carbons (Fsp3) is 0. The molecule has 0 aliphatic carbocycles. The van der Waals surface area contributed by atoms with Crippen LogP contribution in [0.25, 0.3) is 88.4 Å². The molecule has 0 fully saturated rings. The van der Waals surface area contributed by atoms with Crippen LogP contribution in [-0.4, -0.2) is 17.2 Å². The maximum Gasteiger partial charge on any atom is 0.182 e. The van der Waals surface area contributed by atoms with Crippen LogP contribution < -0.4 is 20.7 Å². The molecule has 0 N–H and O–H groups in total. The molecular formula is C54H34N2Si. The topological polar surface area (TPSA) is 9.86 Å². The SMILES string of the molecule is c1ccc(-c2ccc(-n3c4ccccc4c4ccc5c(c6ccccc6n5-c5ccc6c(c5)[Si]5(c7ccccc7-c7ccccc75)c5ccccc5-6)c43)cc2)cc1. The lowest BCUT2D eigenvalue weighted by Gasteiger charge is -2.28. The van der Waals surface area contributed by atoms with E-state index in [1.807, 2.05) is 0 Å². The minimum absolute atomic E-state index is 1.16. The maximum atomic E-state index is 2.56. The second-order valence-electron chi connectivity index (χ2n) is 15.6. The fourth-order valence-electron chi connectivity index (χ4n) is 10.7. The molecule has 3 heteroatoms. The lowest BCUT2D eigenvalue weighted by molar-refractivity contribution is 1.18. The number of benzene rings is 9. The molecule has 264 valence electrons. The average molecular weight is 739 g/mol. The van der Waals surface area contributed by atoms with Crippen molar-refractivity contribution in [1.82, 2.24) is 9.13 Å². The molecule has 57 heavy (non-hydrogen) atoms. The molecule has 0 radical (unpaired) electrons. The van der Waals surface area contributed by atoms with Gasteiger partial charge >= 0.3 is 0 Å². The molecule has 0 saturated heterocycles. The Bertz CT molecular complexity index is 3400. The minimum atomic E-state index is -2.60. The van der Waals surface area contributed by atoms with E-state index >= 15 is 0 Å². The van der Waals surface area contributed by atoms with Crippen molar-refractivity contribution in [1.29, 1.82) is 0 Å². The number of rotatable bonds is 3.